The van der Waals surface area contributed by atoms with Gasteiger partial charge in [0.25, 0.3) is 0 Å². The van der Waals surface area contributed by atoms with E-state index in [0.717, 1.165) is 30.5 Å². The number of likely N-dealkylation sites (N-methyl/N-ethyl adjacent to an activating group) is 1. The molecule has 4 heterocycles. The number of nitrogens with one attached hydrogen (secondary N) is 1. The second-order valence-corrected chi connectivity index (χ2v) is 12.0. The van der Waals surface area contributed by atoms with Crippen molar-refractivity contribution < 1.29 is 33.3 Å². The molecule has 0 radical (unpaired) electrons. The molecule has 5 fully saturated rings. The van der Waals surface area contributed by atoms with Crippen molar-refractivity contribution in [3.05, 3.63) is 11.1 Å². The summed E-state index contributed by atoms with van der Waals surface area (Å²) < 4.78 is 31.4. The molecule has 2 spiro atoms. The van der Waals surface area contributed by atoms with Gasteiger partial charge in [-0.3, -0.25) is 0 Å². The number of hydrogen-bond acceptors (Lipinski definition) is 8. The average Bonchev–Trinajstić information content (AvgIpc) is 3.67. The Morgan fingerprint density at radius 2 is 2.03 bits per heavy atom. The van der Waals surface area contributed by atoms with E-state index < -0.39 is 29.0 Å². The fourth-order valence-corrected chi connectivity index (χ4v) is 8.37. The Bertz CT molecular complexity index is 1030. The third-order valence-electron chi connectivity index (χ3n) is 10.1. The van der Waals surface area contributed by atoms with Gasteiger partial charge in [-0.15, -0.1) is 0 Å². The van der Waals surface area contributed by atoms with Crippen molar-refractivity contribution in [1.29, 1.82) is 0 Å². The summed E-state index contributed by atoms with van der Waals surface area (Å²) >= 11 is 0. The molecule has 9 nitrogen and oxygen atoms in total. The average molecular weight is 475 g/mol. The minimum atomic E-state index is -0.708. The predicted octanol–water partition coefficient (Wildman–Crippen LogP) is 1.40. The first kappa shape index (κ1) is 21.6. The van der Waals surface area contributed by atoms with Gasteiger partial charge in [-0.25, -0.2) is 9.59 Å². The van der Waals surface area contributed by atoms with Crippen LogP contribution in [0.25, 0.3) is 0 Å². The lowest BCUT2D eigenvalue weighted by molar-refractivity contribution is -0.136. The highest BCUT2D eigenvalue weighted by atomic mass is 16.8. The zero-order valence-electron chi connectivity index (χ0n) is 20.5. The van der Waals surface area contributed by atoms with Crippen molar-refractivity contribution in [2.24, 2.45) is 17.3 Å². The van der Waals surface area contributed by atoms with E-state index in [0.29, 0.717) is 19.6 Å². The normalized spacial score (nSPS) is 50.9. The Balaban J connectivity index is 1.25. The predicted molar refractivity (Wildman–Crippen MR) is 118 cm³/mol. The first-order chi connectivity index (χ1) is 16.1. The number of fused-ring (bicyclic) bond motifs is 4. The van der Waals surface area contributed by atoms with Crippen LogP contribution in [0.2, 0.25) is 0 Å². The summed E-state index contributed by atoms with van der Waals surface area (Å²) in [5.41, 5.74) is -0.134. The molecule has 0 aromatic rings. The Labute approximate surface area is 199 Å². The van der Waals surface area contributed by atoms with Crippen LogP contribution in [0.1, 0.15) is 40.0 Å². The van der Waals surface area contributed by atoms with E-state index in [1.54, 1.807) is 0 Å². The zero-order valence-corrected chi connectivity index (χ0v) is 20.5. The molecule has 3 aliphatic carbocycles. The van der Waals surface area contributed by atoms with E-state index in [-0.39, 0.29) is 41.5 Å². The molecule has 2 saturated carbocycles. The van der Waals surface area contributed by atoms with E-state index in [9.17, 15) is 9.59 Å². The van der Waals surface area contributed by atoms with Gasteiger partial charge in [-0.2, -0.15) is 0 Å². The van der Waals surface area contributed by atoms with Gasteiger partial charge in [0.2, 0.25) is 0 Å². The standard InChI is InChI=1S/C25H34N2O7/c1-12(2)23-17(33-23)18-25(34-18)22(3)7-6-13-14(11-30-19(13)28)15(22)10-16-24(25,32-16)20(23)31-21(29)26-8-9-27(4)5/h12,15-18,20H,6-11H2,1-5H3,(H,26,29)/t15-,16-,17-,18-,20+,22-,23-,24+,25+/m0/s1. The van der Waals surface area contributed by atoms with Crippen molar-refractivity contribution in [3.63, 3.8) is 0 Å². The maximum absolute atomic E-state index is 13.0. The minimum absolute atomic E-state index is 0.0791. The summed E-state index contributed by atoms with van der Waals surface area (Å²) in [5, 5.41) is 2.90. The molecule has 34 heavy (non-hydrogen) atoms. The van der Waals surface area contributed by atoms with Crippen molar-refractivity contribution >= 4 is 12.1 Å². The molecular weight excluding hydrogens is 440 g/mol. The second kappa shape index (κ2) is 6.35. The third-order valence-corrected chi connectivity index (χ3v) is 10.1. The quantitative estimate of drug-likeness (QED) is 0.471. The first-order valence-corrected chi connectivity index (χ1v) is 12.6. The molecule has 7 aliphatic rings. The van der Waals surface area contributed by atoms with Crippen LogP contribution in [0.3, 0.4) is 0 Å². The Morgan fingerprint density at radius 1 is 1.24 bits per heavy atom. The van der Waals surface area contributed by atoms with Crippen LogP contribution in [-0.4, -0.2) is 92.0 Å². The molecule has 0 aromatic heterocycles. The highest BCUT2D eigenvalue weighted by Gasteiger charge is 3.01. The van der Waals surface area contributed by atoms with E-state index in [4.69, 9.17) is 23.7 Å². The van der Waals surface area contributed by atoms with Gasteiger partial charge in [0.1, 0.15) is 30.0 Å². The van der Waals surface area contributed by atoms with E-state index in [1.165, 1.54) is 0 Å². The molecule has 9 atom stereocenters. The van der Waals surface area contributed by atoms with Crippen LogP contribution in [0.15, 0.2) is 11.1 Å². The van der Waals surface area contributed by atoms with Gasteiger partial charge >= 0.3 is 12.1 Å². The molecule has 0 bridgehead atoms. The molecule has 3 saturated heterocycles. The lowest BCUT2D eigenvalue weighted by Crippen LogP contribution is -2.70. The molecule has 186 valence electrons. The number of carbonyl (C=O) groups is 2. The van der Waals surface area contributed by atoms with Gasteiger partial charge in [0.05, 0.1) is 6.10 Å². The number of alkyl carbamates (subject to hydrolysis) is 1. The molecule has 1 amide bonds. The van der Waals surface area contributed by atoms with E-state index in [1.807, 2.05) is 19.0 Å². The van der Waals surface area contributed by atoms with Gasteiger partial charge < -0.3 is 33.9 Å². The number of hydrogen-bond donors (Lipinski definition) is 1. The van der Waals surface area contributed by atoms with Crippen LogP contribution in [-0.2, 0) is 28.5 Å². The fourth-order valence-electron chi connectivity index (χ4n) is 8.37. The zero-order chi connectivity index (χ0) is 23.8. The SMILES string of the molecule is CC(C)[C@]12O[C@H]1[C@@H]1O[C@]13[C@]1(O[C@H]1C[C@H]1C4=C(CC[C@@]13C)C(=O)OC4)[C@@H]2OC(=O)NCCN(C)C. The number of ether oxygens (including phenoxy) is 5. The first-order valence-electron chi connectivity index (χ1n) is 12.6. The molecular formula is C25H34N2O7. The molecule has 0 aromatic carbocycles. The molecule has 4 aliphatic heterocycles. The van der Waals surface area contributed by atoms with Crippen molar-refractivity contribution in [3.8, 4) is 0 Å². The Hall–Kier alpha value is -1.68. The summed E-state index contributed by atoms with van der Waals surface area (Å²) in [5.74, 6) is 0.138. The van der Waals surface area contributed by atoms with Gasteiger partial charge in [-0.1, -0.05) is 20.8 Å². The van der Waals surface area contributed by atoms with Gasteiger partial charge in [0, 0.05) is 24.1 Å². The lowest BCUT2D eigenvalue weighted by atomic mass is 9.46. The highest BCUT2D eigenvalue weighted by Crippen LogP contribution is 2.83. The van der Waals surface area contributed by atoms with Gasteiger partial charge in [-0.05, 0) is 50.8 Å². The number of amides is 1. The maximum atomic E-state index is 13.0. The monoisotopic (exact) mass is 474 g/mol. The summed E-state index contributed by atoms with van der Waals surface area (Å²) in [6, 6.07) is 0. The van der Waals surface area contributed by atoms with Crippen molar-refractivity contribution in [1.82, 2.24) is 10.2 Å². The fraction of sp³-hybridized carbons (Fsp3) is 0.840. The highest BCUT2D eigenvalue weighted by molar-refractivity contribution is 5.92. The molecule has 1 N–H and O–H groups in total. The molecule has 0 unspecified atom stereocenters. The summed E-state index contributed by atoms with van der Waals surface area (Å²) in [6.45, 7) is 8.13. The number of cyclic esters (lactones) is 1. The van der Waals surface area contributed by atoms with Crippen molar-refractivity contribution in [2.75, 3.05) is 33.8 Å². The van der Waals surface area contributed by atoms with Crippen LogP contribution in [0.5, 0.6) is 0 Å². The van der Waals surface area contributed by atoms with Crippen LogP contribution < -0.4 is 5.32 Å². The van der Waals surface area contributed by atoms with Crippen molar-refractivity contribution in [2.45, 2.75) is 81.3 Å². The number of esters is 1. The lowest BCUT2D eigenvalue weighted by Gasteiger charge is -2.53. The second-order valence-electron chi connectivity index (χ2n) is 12.0. The molecule has 7 rings (SSSR count). The van der Waals surface area contributed by atoms with E-state index >= 15 is 0 Å². The third kappa shape index (κ3) is 2.22. The van der Waals surface area contributed by atoms with Crippen LogP contribution >= 0.6 is 0 Å². The minimum Gasteiger partial charge on any atom is -0.458 e. The number of rotatable bonds is 5. The Kier molecular flexibility index (Phi) is 4.03. The largest absolute Gasteiger partial charge is 0.458 e. The van der Waals surface area contributed by atoms with Crippen LogP contribution in [0, 0.1) is 17.3 Å². The number of epoxide rings is 3. The summed E-state index contributed by atoms with van der Waals surface area (Å²) in [6.07, 6.45) is 1.03. The van der Waals surface area contributed by atoms with Gasteiger partial charge in [0.15, 0.2) is 11.7 Å². The topological polar surface area (TPSA) is 105 Å². The summed E-state index contributed by atoms with van der Waals surface area (Å²) in [4.78, 5) is 27.3. The van der Waals surface area contributed by atoms with E-state index in [2.05, 4.69) is 26.1 Å². The Morgan fingerprint density at radius 3 is 2.76 bits per heavy atom. The number of nitrogens with zero attached hydrogens (tertiary/aromatic N) is 1. The molecule has 9 heteroatoms. The van der Waals surface area contributed by atoms with Crippen LogP contribution in [0.4, 0.5) is 4.79 Å². The number of carbonyl (C=O) groups excluding carboxylic acids is 2. The smallest absolute Gasteiger partial charge is 0.407 e. The summed E-state index contributed by atoms with van der Waals surface area (Å²) in [7, 11) is 3.93. The maximum Gasteiger partial charge on any atom is 0.407 e.